The van der Waals surface area contributed by atoms with Crippen molar-refractivity contribution in [3.63, 3.8) is 0 Å². The molecule has 4 nitrogen and oxygen atoms in total. The van der Waals surface area contributed by atoms with Crippen molar-refractivity contribution >= 4 is 25.8 Å². The molecule has 0 spiro atoms. The molecule has 0 aromatic heterocycles. The fourth-order valence-electron chi connectivity index (χ4n) is 1.95. The van der Waals surface area contributed by atoms with Crippen LogP contribution in [0, 0.1) is 5.82 Å². The number of halogens is 2. The van der Waals surface area contributed by atoms with Crippen LogP contribution >= 0.6 is 15.9 Å². The maximum absolute atomic E-state index is 13.0. The molecule has 0 saturated carbocycles. The minimum Gasteiger partial charge on any atom is -0.492 e. The fourth-order valence-corrected chi connectivity index (χ4v) is 4.02. The van der Waals surface area contributed by atoms with Crippen molar-refractivity contribution in [2.75, 3.05) is 24.7 Å². The van der Waals surface area contributed by atoms with Crippen molar-refractivity contribution in [3.8, 4) is 5.75 Å². The molecule has 1 aromatic rings. The lowest BCUT2D eigenvalue weighted by molar-refractivity contribution is 0.307. The van der Waals surface area contributed by atoms with Crippen LogP contribution in [0.25, 0.3) is 0 Å². The van der Waals surface area contributed by atoms with Crippen LogP contribution in [0.5, 0.6) is 5.75 Å². The minimum atomic E-state index is -2.85. The highest BCUT2D eigenvalue weighted by molar-refractivity contribution is 9.10. The molecule has 1 saturated heterocycles. The highest BCUT2D eigenvalue weighted by atomic mass is 79.9. The van der Waals surface area contributed by atoms with Gasteiger partial charge in [0.05, 0.1) is 16.0 Å². The Bertz CT molecular complexity index is 550. The zero-order chi connectivity index (χ0) is 13.9. The molecule has 106 valence electrons. The molecule has 0 aliphatic carbocycles. The van der Waals surface area contributed by atoms with Crippen molar-refractivity contribution in [1.82, 2.24) is 5.32 Å². The van der Waals surface area contributed by atoms with E-state index in [0.717, 1.165) is 0 Å². The summed E-state index contributed by atoms with van der Waals surface area (Å²) in [6.07, 6.45) is 0.657. The fraction of sp³-hybridized carbons (Fsp3) is 0.500. The van der Waals surface area contributed by atoms with Gasteiger partial charge in [-0.3, -0.25) is 0 Å². The van der Waals surface area contributed by atoms with Crippen LogP contribution in [0.15, 0.2) is 22.7 Å². The average molecular weight is 352 g/mol. The van der Waals surface area contributed by atoms with Gasteiger partial charge in [0.25, 0.3) is 0 Å². The summed E-state index contributed by atoms with van der Waals surface area (Å²) in [7, 11) is -2.85. The zero-order valence-electron chi connectivity index (χ0n) is 10.2. The Morgan fingerprint density at radius 2 is 2.26 bits per heavy atom. The van der Waals surface area contributed by atoms with Crippen molar-refractivity contribution in [3.05, 3.63) is 28.5 Å². The number of nitrogens with one attached hydrogen (secondary N) is 1. The van der Waals surface area contributed by atoms with Gasteiger partial charge < -0.3 is 10.1 Å². The summed E-state index contributed by atoms with van der Waals surface area (Å²) < 4.78 is 41.3. The van der Waals surface area contributed by atoms with Crippen molar-refractivity contribution in [1.29, 1.82) is 0 Å². The first-order chi connectivity index (χ1) is 8.96. The second kappa shape index (κ2) is 6.19. The summed E-state index contributed by atoms with van der Waals surface area (Å²) in [5, 5.41) is 3.14. The maximum Gasteiger partial charge on any atom is 0.151 e. The third kappa shape index (κ3) is 4.43. The molecule has 1 fully saturated rings. The van der Waals surface area contributed by atoms with E-state index in [1.54, 1.807) is 12.1 Å². The first-order valence-electron chi connectivity index (χ1n) is 5.98. The zero-order valence-corrected chi connectivity index (χ0v) is 12.6. The molecule has 1 aliphatic rings. The summed E-state index contributed by atoms with van der Waals surface area (Å²) in [5.41, 5.74) is 0. The van der Waals surface area contributed by atoms with Crippen molar-refractivity contribution < 1.29 is 17.5 Å². The molecule has 1 atom stereocenters. The SMILES string of the molecule is O=S1(=O)CCC(NCCOc2ccc(F)c(Br)c2)C1. The van der Waals surface area contributed by atoms with E-state index in [2.05, 4.69) is 21.2 Å². The van der Waals surface area contributed by atoms with E-state index in [0.29, 0.717) is 29.8 Å². The van der Waals surface area contributed by atoms with E-state index in [4.69, 9.17) is 4.74 Å². The molecule has 1 aromatic carbocycles. The van der Waals surface area contributed by atoms with E-state index in [9.17, 15) is 12.8 Å². The summed E-state index contributed by atoms with van der Waals surface area (Å²) >= 11 is 3.08. The number of ether oxygens (including phenoxy) is 1. The Hall–Kier alpha value is -0.660. The molecule has 2 rings (SSSR count). The van der Waals surface area contributed by atoms with E-state index < -0.39 is 9.84 Å². The number of rotatable bonds is 5. The summed E-state index contributed by atoms with van der Waals surface area (Å²) in [6.45, 7) is 0.976. The highest BCUT2D eigenvalue weighted by Gasteiger charge is 2.26. The van der Waals surface area contributed by atoms with Gasteiger partial charge in [-0.1, -0.05) is 0 Å². The van der Waals surface area contributed by atoms with Gasteiger partial charge in [0.2, 0.25) is 0 Å². The van der Waals surface area contributed by atoms with Crippen LogP contribution in [0.4, 0.5) is 4.39 Å². The summed E-state index contributed by atoms with van der Waals surface area (Å²) in [4.78, 5) is 0. The molecule has 0 bridgehead atoms. The Morgan fingerprint density at radius 3 is 2.89 bits per heavy atom. The molecular weight excluding hydrogens is 337 g/mol. The second-order valence-electron chi connectivity index (χ2n) is 4.48. The van der Waals surface area contributed by atoms with E-state index in [-0.39, 0.29) is 23.4 Å². The first kappa shape index (κ1) is 14.7. The van der Waals surface area contributed by atoms with Gasteiger partial charge in [0.15, 0.2) is 9.84 Å². The third-order valence-electron chi connectivity index (χ3n) is 2.93. The van der Waals surface area contributed by atoms with Crippen LogP contribution in [-0.2, 0) is 9.84 Å². The van der Waals surface area contributed by atoms with Gasteiger partial charge in [0.1, 0.15) is 18.2 Å². The monoisotopic (exact) mass is 351 g/mol. The number of sulfone groups is 1. The Kier molecular flexibility index (Phi) is 4.81. The number of hydrogen-bond acceptors (Lipinski definition) is 4. The average Bonchev–Trinajstić information content (AvgIpc) is 2.69. The van der Waals surface area contributed by atoms with Crippen LogP contribution in [0.1, 0.15) is 6.42 Å². The van der Waals surface area contributed by atoms with E-state index in [1.165, 1.54) is 6.07 Å². The minimum absolute atomic E-state index is 0.0218. The normalized spacial score (nSPS) is 21.5. The van der Waals surface area contributed by atoms with E-state index >= 15 is 0 Å². The van der Waals surface area contributed by atoms with Gasteiger partial charge >= 0.3 is 0 Å². The quantitative estimate of drug-likeness (QED) is 0.821. The molecule has 1 N–H and O–H groups in total. The van der Waals surface area contributed by atoms with Gasteiger partial charge in [-0.05, 0) is 40.5 Å². The van der Waals surface area contributed by atoms with Crippen molar-refractivity contribution in [2.24, 2.45) is 0 Å². The van der Waals surface area contributed by atoms with Crippen LogP contribution < -0.4 is 10.1 Å². The Balaban J connectivity index is 1.71. The van der Waals surface area contributed by atoms with E-state index in [1.807, 2.05) is 0 Å². The topological polar surface area (TPSA) is 55.4 Å². The van der Waals surface area contributed by atoms with Crippen LogP contribution in [0.2, 0.25) is 0 Å². The number of benzene rings is 1. The molecule has 1 heterocycles. The summed E-state index contributed by atoms with van der Waals surface area (Å²) in [5.74, 6) is 0.710. The molecule has 7 heteroatoms. The smallest absolute Gasteiger partial charge is 0.151 e. The van der Waals surface area contributed by atoms with Gasteiger partial charge in [0, 0.05) is 12.6 Å². The van der Waals surface area contributed by atoms with Crippen LogP contribution in [0.3, 0.4) is 0 Å². The Labute approximate surface area is 120 Å². The third-order valence-corrected chi connectivity index (χ3v) is 5.30. The van der Waals surface area contributed by atoms with Gasteiger partial charge in [-0.25, -0.2) is 12.8 Å². The molecule has 0 radical (unpaired) electrons. The molecule has 19 heavy (non-hydrogen) atoms. The standard InChI is InChI=1S/C12H15BrFNO3S/c13-11-7-10(1-2-12(11)14)18-5-4-15-9-3-6-19(16,17)8-9/h1-2,7,9,15H,3-6,8H2. The molecule has 0 amide bonds. The first-order valence-corrected chi connectivity index (χ1v) is 8.59. The van der Waals surface area contributed by atoms with Gasteiger partial charge in [-0.15, -0.1) is 0 Å². The summed E-state index contributed by atoms with van der Waals surface area (Å²) in [6, 6.07) is 4.47. The lowest BCUT2D eigenvalue weighted by atomic mass is 10.3. The highest BCUT2D eigenvalue weighted by Crippen LogP contribution is 2.21. The number of hydrogen-bond donors (Lipinski definition) is 1. The predicted octanol–water partition coefficient (Wildman–Crippen LogP) is 1.74. The maximum atomic E-state index is 13.0. The molecule has 1 unspecified atom stereocenters. The largest absolute Gasteiger partial charge is 0.492 e. The lowest BCUT2D eigenvalue weighted by Gasteiger charge is -2.11. The molecular formula is C12H15BrFNO3S. The predicted molar refractivity (Wildman–Crippen MR) is 74.7 cm³/mol. The van der Waals surface area contributed by atoms with Crippen LogP contribution in [-0.4, -0.2) is 39.1 Å². The van der Waals surface area contributed by atoms with Gasteiger partial charge in [-0.2, -0.15) is 0 Å². The second-order valence-corrected chi connectivity index (χ2v) is 7.56. The lowest BCUT2D eigenvalue weighted by Crippen LogP contribution is -2.33. The van der Waals surface area contributed by atoms with Crippen molar-refractivity contribution in [2.45, 2.75) is 12.5 Å². The Morgan fingerprint density at radius 1 is 1.47 bits per heavy atom. The molecule has 1 aliphatic heterocycles.